The maximum Gasteiger partial charge on any atom is 0.352 e. The van der Waals surface area contributed by atoms with Crippen LogP contribution in [0, 0.1) is 6.92 Å². The van der Waals surface area contributed by atoms with Crippen LogP contribution in [0.1, 0.15) is 16.1 Å². The zero-order valence-electron chi connectivity index (χ0n) is 10.7. The number of imidazole rings is 1. The number of aryl methyl sites for hydroxylation is 1. The summed E-state index contributed by atoms with van der Waals surface area (Å²) in [6.07, 6.45) is 0. The molecular formula is C15H11ClN2O2. The third-order valence-electron chi connectivity index (χ3n) is 3.22. The number of carbonyl (C=O) groups is 1. The van der Waals surface area contributed by atoms with Crippen LogP contribution in [0.3, 0.4) is 0 Å². The Morgan fingerprint density at radius 1 is 1.20 bits per heavy atom. The number of aromatic nitrogens is 2. The smallest absolute Gasteiger partial charge is 0.352 e. The maximum absolute atomic E-state index is 11.4. The molecule has 0 aliphatic rings. The summed E-state index contributed by atoms with van der Waals surface area (Å²) in [4.78, 5) is 15.7. The van der Waals surface area contributed by atoms with E-state index in [1.807, 2.05) is 31.2 Å². The molecule has 0 unspecified atom stereocenters. The summed E-state index contributed by atoms with van der Waals surface area (Å²) in [5.74, 6) is -0.472. The van der Waals surface area contributed by atoms with E-state index in [1.165, 1.54) is 6.07 Å². The van der Waals surface area contributed by atoms with Crippen molar-refractivity contribution in [2.24, 2.45) is 0 Å². The summed E-state index contributed by atoms with van der Waals surface area (Å²) >= 11 is 6.13. The molecule has 0 aliphatic carbocycles. The van der Waals surface area contributed by atoms with Gasteiger partial charge >= 0.3 is 5.97 Å². The van der Waals surface area contributed by atoms with E-state index < -0.39 is 5.97 Å². The van der Waals surface area contributed by atoms with Gasteiger partial charge in [-0.2, -0.15) is 0 Å². The van der Waals surface area contributed by atoms with Crippen molar-refractivity contribution < 1.29 is 9.90 Å². The highest BCUT2D eigenvalue weighted by molar-refractivity contribution is 6.33. The second-order valence-electron chi connectivity index (χ2n) is 4.48. The first-order valence-electron chi connectivity index (χ1n) is 6.06. The molecule has 1 aromatic carbocycles. The van der Waals surface area contributed by atoms with E-state index >= 15 is 0 Å². The average Bonchev–Trinajstić information content (AvgIpc) is 2.77. The lowest BCUT2D eigenvalue weighted by Gasteiger charge is -2.07. The van der Waals surface area contributed by atoms with Crippen LogP contribution in [0.15, 0.2) is 42.5 Å². The van der Waals surface area contributed by atoms with Crippen LogP contribution in [-0.4, -0.2) is 20.5 Å². The highest BCUT2D eigenvalue weighted by Crippen LogP contribution is 2.29. The third-order valence-corrected chi connectivity index (χ3v) is 3.50. The molecule has 0 fully saturated rings. The topological polar surface area (TPSA) is 54.6 Å². The molecule has 0 spiro atoms. The van der Waals surface area contributed by atoms with Gasteiger partial charge < -0.3 is 5.11 Å². The molecule has 1 N–H and O–H groups in total. The van der Waals surface area contributed by atoms with Gasteiger partial charge in [-0.05, 0) is 24.6 Å². The maximum atomic E-state index is 11.4. The van der Waals surface area contributed by atoms with Gasteiger partial charge in [0.1, 0.15) is 11.5 Å². The molecule has 2 heterocycles. The normalized spacial score (nSPS) is 10.9. The van der Waals surface area contributed by atoms with Gasteiger partial charge in [0.15, 0.2) is 5.15 Å². The molecular weight excluding hydrogens is 276 g/mol. The van der Waals surface area contributed by atoms with Crippen LogP contribution in [0.5, 0.6) is 0 Å². The van der Waals surface area contributed by atoms with Crippen LogP contribution in [-0.2, 0) is 0 Å². The van der Waals surface area contributed by atoms with Gasteiger partial charge in [-0.15, -0.1) is 0 Å². The first kappa shape index (κ1) is 12.7. The number of hydrogen-bond acceptors (Lipinski definition) is 2. The fourth-order valence-corrected chi connectivity index (χ4v) is 2.50. The molecule has 20 heavy (non-hydrogen) atoms. The Morgan fingerprint density at radius 2 is 1.95 bits per heavy atom. The van der Waals surface area contributed by atoms with Gasteiger partial charge in [0.05, 0.1) is 5.52 Å². The minimum atomic E-state index is -1.01. The number of carboxylic acid groups (broad SMARTS) is 1. The van der Waals surface area contributed by atoms with Crippen molar-refractivity contribution in [1.29, 1.82) is 0 Å². The Bertz CT molecular complexity index is 824. The monoisotopic (exact) mass is 286 g/mol. The van der Waals surface area contributed by atoms with Gasteiger partial charge in [-0.1, -0.05) is 41.9 Å². The average molecular weight is 287 g/mol. The van der Waals surface area contributed by atoms with E-state index in [9.17, 15) is 9.90 Å². The van der Waals surface area contributed by atoms with Crippen molar-refractivity contribution in [1.82, 2.24) is 9.38 Å². The number of pyridine rings is 1. The molecule has 0 bridgehead atoms. The molecule has 4 nitrogen and oxygen atoms in total. The number of halogens is 1. The first-order valence-corrected chi connectivity index (χ1v) is 6.43. The highest BCUT2D eigenvalue weighted by atomic mass is 35.5. The van der Waals surface area contributed by atoms with Crippen molar-refractivity contribution in [3.8, 4) is 11.4 Å². The first-order chi connectivity index (χ1) is 9.59. The standard InChI is InChI=1S/C15H11ClN2O2/c1-9-5-2-3-6-10(9)14-17-13(16)11-7-4-8-12(15(19)20)18(11)14/h2-8H,1H3,(H,19,20). The SMILES string of the molecule is Cc1ccccc1-c1nc(Cl)c2cccc(C(=O)O)n12. The lowest BCUT2D eigenvalue weighted by Crippen LogP contribution is -2.06. The molecule has 0 aliphatic heterocycles. The summed E-state index contributed by atoms with van der Waals surface area (Å²) < 4.78 is 1.58. The zero-order valence-corrected chi connectivity index (χ0v) is 11.4. The second kappa shape index (κ2) is 4.65. The third kappa shape index (κ3) is 1.85. The molecule has 0 saturated carbocycles. The Hall–Kier alpha value is -2.33. The highest BCUT2D eigenvalue weighted by Gasteiger charge is 2.18. The molecule has 100 valence electrons. The molecule has 5 heteroatoms. The Morgan fingerprint density at radius 3 is 2.65 bits per heavy atom. The van der Waals surface area contributed by atoms with Gasteiger partial charge in [0, 0.05) is 5.56 Å². The van der Waals surface area contributed by atoms with Crippen LogP contribution in [0.2, 0.25) is 5.15 Å². The van der Waals surface area contributed by atoms with Crippen LogP contribution in [0.25, 0.3) is 16.9 Å². The van der Waals surface area contributed by atoms with E-state index in [0.717, 1.165) is 11.1 Å². The van der Waals surface area contributed by atoms with E-state index in [1.54, 1.807) is 16.5 Å². The van der Waals surface area contributed by atoms with Crippen molar-refractivity contribution in [2.45, 2.75) is 6.92 Å². The lowest BCUT2D eigenvalue weighted by atomic mass is 10.1. The number of rotatable bonds is 2. The van der Waals surface area contributed by atoms with Gasteiger partial charge in [0.25, 0.3) is 0 Å². The Labute approximate surface area is 120 Å². The molecule has 0 radical (unpaired) electrons. The molecule has 3 aromatic rings. The molecule has 0 atom stereocenters. The van der Waals surface area contributed by atoms with Crippen LogP contribution in [0.4, 0.5) is 0 Å². The summed E-state index contributed by atoms with van der Waals surface area (Å²) in [6.45, 7) is 1.95. The number of fused-ring (bicyclic) bond motifs is 1. The van der Waals surface area contributed by atoms with Gasteiger partial charge in [-0.25, -0.2) is 9.78 Å². The van der Waals surface area contributed by atoms with Gasteiger partial charge in [0.2, 0.25) is 0 Å². The lowest BCUT2D eigenvalue weighted by molar-refractivity contribution is 0.0689. The van der Waals surface area contributed by atoms with E-state index in [4.69, 9.17) is 11.6 Å². The molecule has 3 rings (SSSR count). The summed E-state index contributed by atoms with van der Waals surface area (Å²) in [5, 5.41) is 9.64. The second-order valence-corrected chi connectivity index (χ2v) is 4.84. The van der Waals surface area contributed by atoms with Crippen molar-refractivity contribution >= 4 is 23.1 Å². The largest absolute Gasteiger partial charge is 0.477 e. The van der Waals surface area contributed by atoms with Crippen molar-refractivity contribution in [2.75, 3.05) is 0 Å². The molecule has 2 aromatic heterocycles. The summed E-state index contributed by atoms with van der Waals surface area (Å²) in [6, 6.07) is 12.6. The van der Waals surface area contributed by atoms with E-state index in [-0.39, 0.29) is 5.69 Å². The Kier molecular flexibility index (Phi) is 2.95. The fraction of sp³-hybridized carbons (Fsp3) is 0.0667. The fourth-order valence-electron chi connectivity index (χ4n) is 2.27. The quantitative estimate of drug-likeness (QED) is 0.782. The van der Waals surface area contributed by atoms with E-state index in [2.05, 4.69) is 4.98 Å². The number of aromatic carboxylic acids is 1. The van der Waals surface area contributed by atoms with Crippen molar-refractivity contribution in [3.63, 3.8) is 0 Å². The number of hydrogen-bond donors (Lipinski definition) is 1. The predicted molar refractivity (Wildman–Crippen MR) is 77.3 cm³/mol. The van der Waals surface area contributed by atoms with Crippen molar-refractivity contribution in [3.05, 3.63) is 58.9 Å². The summed E-state index contributed by atoms with van der Waals surface area (Å²) in [5.41, 5.74) is 2.60. The predicted octanol–water partition coefficient (Wildman–Crippen LogP) is 3.66. The van der Waals surface area contributed by atoms with E-state index in [0.29, 0.717) is 16.5 Å². The molecule has 0 saturated heterocycles. The Balaban J connectivity index is 2.43. The van der Waals surface area contributed by atoms with Crippen LogP contribution < -0.4 is 0 Å². The minimum Gasteiger partial charge on any atom is -0.477 e. The number of carboxylic acids is 1. The van der Waals surface area contributed by atoms with Crippen LogP contribution >= 0.6 is 11.6 Å². The number of benzene rings is 1. The zero-order chi connectivity index (χ0) is 14.3. The minimum absolute atomic E-state index is 0.139. The molecule has 0 amide bonds. The summed E-state index contributed by atoms with van der Waals surface area (Å²) in [7, 11) is 0. The van der Waals surface area contributed by atoms with Gasteiger partial charge in [-0.3, -0.25) is 4.40 Å². The number of nitrogens with zero attached hydrogens (tertiary/aromatic N) is 2.